The third-order valence-corrected chi connectivity index (χ3v) is 2.71. The number of hydrogen-bond donors (Lipinski definition) is 3. The van der Waals surface area contributed by atoms with Gasteiger partial charge < -0.3 is 15.6 Å². The molecule has 1 aromatic carbocycles. The van der Waals surface area contributed by atoms with Gasteiger partial charge in [0.25, 0.3) is 0 Å². The Morgan fingerprint density at radius 2 is 2.00 bits per heavy atom. The number of hydrogen-bond acceptors (Lipinski definition) is 3. The Morgan fingerprint density at radius 3 is 2.72 bits per heavy atom. The number of nitrogens with one attached hydrogen (secondary N) is 3. The van der Waals surface area contributed by atoms with Gasteiger partial charge in [0.05, 0.1) is 11.0 Å². The van der Waals surface area contributed by atoms with Gasteiger partial charge in [0.2, 0.25) is 0 Å². The Morgan fingerprint density at radius 1 is 1.22 bits per heavy atom. The van der Waals surface area contributed by atoms with E-state index in [-0.39, 0.29) is 5.54 Å². The van der Waals surface area contributed by atoms with E-state index in [1.54, 1.807) is 0 Å². The van der Waals surface area contributed by atoms with Gasteiger partial charge in [0, 0.05) is 24.3 Å². The molecule has 0 amide bonds. The van der Waals surface area contributed by atoms with E-state index < -0.39 is 0 Å². The van der Waals surface area contributed by atoms with Crippen LogP contribution in [0.4, 0.5) is 5.69 Å². The minimum atomic E-state index is 0.173. The topological polar surface area (TPSA) is 52.7 Å². The maximum absolute atomic E-state index is 4.39. The molecule has 4 heteroatoms. The third kappa shape index (κ3) is 3.47. The van der Waals surface area contributed by atoms with Gasteiger partial charge in [-0.2, -0.15) is 0 Å². The zero-order chi connectivity index (χ0) is 13.2. The molecule has 98 valence electrons. The molecule has 0 saturated carbocycles. The zero-order valence-corrected chi connectivity index (χ0v) is 11.6. The Bertz CT molecular complexity index is 522. The molecule has 0 spiro atoms. The molecule has 2 rings (SSSR count). The van der Waals surface area contributed by atoms with E-state index >= 15 is 0 Å². The number of aromatic nitrogens is 2. The molecule has 3 N–H and O–H groups in total. The van der Waals surface area contributed by atoms with Crippen molar-refractivity contribution in [2.75, 3.05) is 18.4 Å². The number of aryl methyl sites for hydroxylation is 1. The summed E-state index contributed by atoms with van der Waals surface area (Å²) in [6.45, 7) is 10.4. The van der Waals surface area contributed by atoms with E-state index in [0.717, 1.165) is 35.6 Å². The summed E-state index contributed by atoms with van der Waals surface area (Å²) in [5.41, 5.74) is 3.40. The summed E-state index contributed by atoms with van der Waals surface area (Å²) in [7, 11) is 0. The van der Waals surface area contributed by atoms with Crippen molar-refractivity contribution in [1.82, 2.24) is 15.3 Å². The number of benzene rings is 1. The summed E-state index contributed by atoms with van der Waals surface area (Å²) >= 11 is 0. The van der Waals surface area contributed by atoms with Crippen LogP contribution >= 0.6 is 0 Å². The smallest absolute Gasteiger partial charge is 0.104 e. The van der Waals surface area contributed by atoms with Gasteiger partial charge in [-0.3, -0.25) is 0 Å². The first kappa shape index (κ1) is 12.9. The first-order valence-electron chi connectivity index (χ1n) is 6.39. The maximum Gasteiger partial charge on any atom is 0.104 e. The number of anilines is 1. The number of aromatic amines is 1. The molecular weight excluding hydrogens is 224 g/mol. The molecule has 4 nitrogen and oxygen atoms in total. The van der Waals surface area contributed by atoms with Crippen LogP contribution in [0.1, 0.15) is 26.6 Å². The number of nitrogens with zero attached hydrogens (tertiary/aromatic N) is 1. The van der Waals surface area contributed by atoms with E-state index in [4.69, 9.17) is 0 Å². The van der Waals surface area contributed by atoms with Crippen molar-refractivity contribution in [3.63, 3.8) is 0 Å². The highest BCUT2D eigenvalue weighted by atomic mass is 15.0. The van der Waals surface area contributed by atoms with Crippen LogP contribution < -0.4 is 10.6 Å². The lowest BCUT2D eigenvalue weighted by molar-refractivity contribution is 0.435. The highest BCUT2D eigenvalue weighted by Gasteiger charge is 2.07. The standard InChI is InChI=1S/C14H22N4/c1-10-17-12-6-5-11(9-13(12)18-10)15-7-8-16-14(2,3)4/h5-6,9,15-16H,7-8H2,1-4H3,(H,17,18). The quantitative estimate of drug-likeness (QED) is 0.727. The van der Waals surface area contributed by atoms with Crippen LogP contribution in [0.3, 0.4) is 0 Å². The summed E-state index contributed by atoms with van der Waals surface area (Å²) in [5, 5.41) is 6.86. The van der Waals surface area contributed by atoms with Gasteiger partial charge in [-0.05, 0) is 45.9 Å². The highest BCUT2D eigenvalue weighted by Crippen LogP contribution is 2.16. The van der Waals surface area contributed by atoms with Crippen LogP contribution in [0.15, 0.2) is 18.2 Å². The molecule has 0 saturated heterocycles. The lowest BCUT2D eigenvalue weighted by atomic mass is 10.1. The summed E-state index contributed by atoms with van der Waals surface area (Å²) in [6, 6.07) is 6.21. The molecule has 1 heterocycles. The number of rotatable bonds is 4. The molecule has 0 unspecified atom stereocenters. The van der Waals surface area contributed by atoms with Gasteiger partial charge in [0.1, 0.15) is 5.82 Å². The fraction of sp³-hybridized carbons (Fsp3) is 0.500. The van der Waals surface area contributed by atoms with Crippen LogP contribution in [0, 0.1) is 6.92 Å². The minimum Gasteiger partial charge on any atom is -0.384 e. The molecule has 0 radical (unpaired) electrons. The maximum atomic E-state index is 4.39. The van der Waals surface area contributed by atoms with E-state index in [0.29, 0.717) is 0 Å². The Hall–Kier alpha value is -1.55. The largest absolute Gasteiger partial charge is 0.384 e. The number of imidazole rings is 1. The van der Waals surface area contributed by atoms with E-state index in [9.17, 15) is 0 Å². The van der Waals surface area contributed by atoms with Crippen molar-refractivity contribution in [3.8, 4) is 0 Å². The Balaban J connectivity index is 1.91. The first-order valence-corrected chi connectivity index (χ1v) is 6.39. The predicted molar refractivity (Wildman–Crippen MR) is 77.1 cm³/mol. The van der Waals surface area contributed by atoms with Crippen molar-refractivity contribution in [1.29, 1.82) is 0 Å². The minimum absolute atomic E-state index is 0.173. The Kier molecular flexibility index (Phi) is 3.57. The van der Waals surface area contributed by atoms with Crippen LogP contribution in [0.25, 0.3) is 11.0 Å². The number of H-pyrrole nitrogens is 1. The number of fused-ring (bicyclic) bond motifs is 1. The fourth-order valence-corrected chi connectivity index (χ4v) is 1.89. The molecule has 0 bridgehead atoms. The average Bonchev–Trinajstić information content (AvgIpc) is 2.62. The average molecular weight is 246 g/mol. The van der Waals surface area contributed by atoms with Crippen LogP contribution in [0.5, 0.6) is 0 Å². The summed E-state index contributed by atoms with van der Waals surface area (Å²) in [4.78, 5) is 7.63. The second-order valence-electron chi connectivity index (χ2n) is 5.66. The van der Waals surface area contributed by atoms with Crippen molar-refractivity contribution in [3.05, 3.63) is 24.0 Å². The van der Waals surface area contributed by atoms with Gasteiger partial charge >= 0.3 is 0 Å². The van der Waals surface area contributed by atoms with Crippen molar-refractivity contribution in [2.24, 2.45) is 0 Å². The summed E-state index contributed by atoms with van der Waals surface area (Å²) in [6.07, 6.45) is 0. The Labute approximate surface area is 108 Å². The highest BCUT2D eigenvalue weighted by molar-refractivity contribution is 5.79. The van der Waals surface area contributed by atoms with E-state index in [1.165, 1.54) is 0 Å². The molecule has 0 aliphatic rings. The van der Waals surface area contributed by atoms with Gasteiger partial charge in [0.15, 0.2) is 0 Å². The SMILES string of the molecule is Cc1nc2ccc(NCCNC(C)(C)C)cc2[nH]1. The molecule has 0 atom stereocenters. The fourth-order valence-electron chi connectivity index (χ4n) is 1.89. The summed E-state index contributed by atoms with van der Waals surface area (Å²) < 4.78 is 0. The monoisotopic (exact) mass is 246 g/mol. The van der Waals surface area contributed by atoms with Crippen LogP contribution in [-0.2, 0) is 0 Å². The molecule has 18 heavy (non-hydrogen) atoms. The first-order chi connectivity index (χ1) is 8.44. The second-order valence-corrected chi connectivity index (χ2v) is 5.66. The van der Waals surface area contributed by atoms with E-state index in [1.807, 2.05) is 13.0 Å². The van der Waals surface area contributed by atoms with Crippen LogP contribution in [-0.4, -0.2) is 28.6 Å². The van der Waals surface area contributed by atoms with Crippen LogP contribution in [0.2, 0.25) is 0 Å². The molecule has 0 fully saturated rings. The molecule has 2 aromatic rings. The zero-order valence-electron chi connectivity index (χ0n) is 11.6. The van der Waals surface area contributed by atoms with Gasteiger partial charge in [-0.25, -0.2) is 4.98 Å². The second kappa shape index (κ2) is 4.98. The summed E-state index contributed by atoms with van der Waals surface area (Å²) in [5.74, 6) is 0.955. The van der Waals surface area contributed by atoms with Crippen molar-refractivity contribution in [2.45, 2.75) is 33.2 Å². The van der Waals surface area contributed by atoms with Crippen molar-refractivity contribution >= 4 is 16.7 Å². The normalized spacial score (nSPS) is 12.0. The van der Waals surface area contributed by atoms with Gasteiger partial charge in [-0.15, -0.1) is 0 Å². The molecule has 1 aromatic heterocycles. The molecule has 0 aliphatic carbocycles. The molecular formula is C14H22N4. The third-order valence-electron chi connectivity index (χ3n) is 2.71. The molecule has 0 aliphatic heterocycles. The van der Waals surface area contributed by atoms with Crippen molar-refractivity contribution < 1.29 is 0 Å². The van der Waals surface area contributed by atoms with Gasteiger partial charge in [-0.1, -0.05) is 0 Å². The predicted octanol–water partition coefficient (Wildman–Crippen LogP) is 2.67. The van der Waals surface area contributed by atoms with E-state index in [2.05, 4.69) is 53.5 Å². The lowest BCUT2D eigenvalue weighted by Gasteiger charge is -2.20. The lowest BCUT2D eigenvalue weighted by Crippen LogP contribution is -2.38.